The maximum absolute atomic E-state index is 14.4. The Morgan fingerprint density at radius 2 is 0.291 bits per heavy atom. The Morgan fingerprint density at radius 1 is 0.177 bits per heavy atom. The summed E-state index contributed by atoms with van der Waals surface area (Å²) in [7, 11) is 0. The minimum absolute atomic E-state index is 2.40. The van der Waals surface area contributed by atoms with E-state index in [2.05, 4.69) is 14.2 Å². The predicted molar refractivity (Wildman–Crippen MR) is 144 cm³/mol. The van der Waals surface area contributed by atoms with Gasteiger partial charge in [-0.15, -0.1) is 0 Å². The van der Waals surface area contributed by atoms with Gasteiger partial charge >= 0.3 is 144 Å². The van der Waals surface area contributed by atoms with Gasteiger partial charge in [0.25, 0.3) is 6.48 Å². The fourth-order valence-corrected chi connectivity index (χ4v) is 4.44. The van der Waals surface area contributed by atoms with E-state index in [1.807, 2.05) is 0 Å². The molecule has 79 heavy (non-hydrogen) atoms. The van der Waals surface area contributed by atoms with Crippen LogP contribution in [0.3, 0.4) is 0 Å². The summed E-state index contributed by atoms with van der Waals surface area (Å²) in [6, 6.07) is 0. The molecule has 0 bridgehead atoms. The minimum atomic E-state index is -9.53. The molecule has 0 aliphatic heterocycles. The molecule has 0 rings (SSSR count). The number of alkyl halides is 48. The molecule has 51 heteroatoms. The Bertz CT molecular complexity index is 1840. The highest BCUT2D eigenvalue weighted by molar-refractivity contribution is 5.17. The summed E-state index contributed by atoms with van der Waals surface area (Å²) in [4.78, 5) is 0. The predicted octanol–water partition coefficient (Wildman–Crippen LogP) is 15.5. The molecule has 0 unspecified atom stereocenters. The molecule has 0 N–H and O–H groups in total. The highest BCUT2D eigenvalue weighted by Gasteiger charge is 2.97. The summed E-state index contributed by atoms with van der Waals surface area (Å²) >= 11 is 0. The van der Waals surface area contributed by atoms with Crippen LogP contribution in [0.15, 0.2) is 0 Å². The third kappa shape index (κ3) is 10.4. The fraction of sp³-hybridized carbons (Fsp3) is 1.00. The van der Waals surface area contributed by atoms with Gasteiger partial charge in [0.1, 0.15) is 19.8 Å². The van der Waals surface area contributed by atoms with Crippen molar-refractivity contribution in [2.24, 2.45) is 0 Å². The average Bonchev–Trinajstić information content (AvgIpc) is 3.24. The molecule has 0 aliphatic carbocycles. The van der Waals surface area contributed by atoms with Gasteiger partial charge in [-0.2, -0.15) is 184 Å². The normalized spacial score (nSPS) is 16.9. The molecule has 0 saturated heterocycles. The van der Waals surface area contributed by atoms with Crippen LogP contribution in [0.1, 0.15) is 0 Å². The van der Waals surface area contributed by atoms with Gasteiger partial charge in [-0.25, -0.2) is 26.3 Å². The number of ether oxygens (including phenoxy) is 3. The van der Waals surface area contributed by atoms with Crippen molar-refractivity contribution in [3.8, 4) is 0 Å². The van der Waals surface area contributed by atoms with Crippen molar-refractivity contribution in [1.82, 2.24) is 0 Å². The molecule has 0 amide bonds. The van der Waals surface area contributed by atoms with Gasteiger partial charge in [0.05, 0.1) is 0 Å². The van der Waals surface area contributed by atoms with E-state index < -0.39 is 170 Å². The van der Waals surface area contributed by atoms with Gasteiger partial charge in [-0.1, -0.05) is 0 Å². The van der Waals surface area contributed by atoms with Crippen LogP contribution in [0.4, 0.5) is 211 Å². The Labute approximate surface area is 396 Å². The zero-order chi connectivity index (χ0) is 65.1. The van der Waals surface area contributed by atoms with E-state index in [-0.39, 0.29) is 0 Å². The van der Waals surface area contributed by atoms with E-state index in [1.54, 1.807) is 0 Å². The van der Waals surface area contributed by atoms with Crippen molar-refractivity contribution in [2.75, 3.05) is 19.8 Å². The molecule has 0 fully saturated rings. The summed E-state index contributed by atoms with van der Waals surface area (Å²) in [5, 5.41) is 0. The average molecular weight is 1310 g/mol. The summed E-state index contributed by atoms with van der Waals surface area (Å²) in [5.41, 5.74) is 0. The molecule has 0 spiro atoms. The van der Waals surface area contributed by atoms with Crippen LogP contribution < -0.4 is 0 Å². The third-order valence-electron chi connectivity index (χ3n) is 9.39. The van der Waals surface area contributed by atoms with Crippen molar-refractivity contribution in [2.45, 2.75) is 150 Å². The maximum atomic E-state index is 14.4. The first-order chi connectivity index (χ1) is 33.6. The zero-order valence-electron chi connectivity index (χ0n) is 34.3. The molecule has 0 heterocycles. The SMILES string of the molecule is FC(F)C(F)(F)C(F)(F)C(F)(F)C(F)(F)C(F)(F)C(F)(F)C(F)(F)COC(OCC(F)(F)C(F)(F)C(F)(F)C(F)(F)C(F)(F)C(F)(F)C(F)(F)C(F)F)OCC(F)(F)C(F)(F)C(F)(F)C(F)(F)C(F)(F)C(F)(F)C(F)(F)C(F)F. The Kier molecular flexibility index (Phi) is 19.5. The second kappa shape index (κ2) is 20.4. The molecule has 0 aliphatic rings. The largest absolute Gasteiger partial charge is 0.384 e. The van der Waals surface area contributed by atoms with Crippen LogP contribution >= 0.6 is 0 Å². The molecular formula is C28H10F48O3. The monoisotopic (exact) mass is 1310 g/mol. The van der Waals surface area contributed by atoms with E-state index in [4.69, 9.17) is 0 Å². The lowest BCUT2D eigenvalue weighted by Crippen LogP contribution is -2.74. The summed E-state index contributed by atoms with van der Waals surface area (Å²) in [6.07, 6.45) is -19.6. The molecule has 0 aromatic carbocycles. The highest BCUT2D eigenvalue weighted by Crippen LogP contribution is 2.67. The summed E-state index contributed by atoms with van der Waals surface area (Å²) in [6.45, 7) is -21.4. The molecular weight excluding hydrogens is 1300 g/mol. The van der Waals surface area contributed by atoms with E-state index in [1.165, 1.54) is 0 Å². The third-order valence-corrected chi connectivity index (χ3v) is 9.39. The van der Waals surface area contributed by atoms with Crippen molar-refractivity contribution >= 4 is 0 Å². The fourth-order valence-electron chi connectivity index (χ4n) is 4.44. The van der Waals surface area contributed by atoms with E-state index in [9.17, 15) is 211 Å². The Morgan fingerprint density at radius 3 is 0.418 bits per heavy atom. The number of halogens is 48. The second-order valence-corrected chi connectivity index (χ2v) is 14.7. The van der Waals surface area contributed by atoms with Crippen molar-refractivity contribution < 1.29 is 225 Å². The lowest BCUT2D eigenvalue weighted by atomic mass is 9.89. The molecule has 476 valence electrons. The van der Waals surface area contributed by atoms with Crippen molar-refractivity contribution in [1.29, 1.82) is 0 Å². The molecule has 0 saturated carbocycles. The Balaban J connectivity index is 8.05. The van der Waals surface area contributed by atoms with Crippen LogP contribution in [0.25, 0.3) is 0 Å². The zero-order valence-corrected chi connectivity index (χ0v) is 34.3. The smallest absolute Gasteiger partial charge is 0.323 e. The topological polar surface area (TPSA) is 27.7 Å². The minimum Gasteiger partial charge on any atom is -0.323 e. The molecule has 0 atom stereocenters. The first kappa shape index (κ1) is 75.5. The molecule has 3 nitrogen and oxygen atoms in total. The molecule has 0 aromatic rings. The van der Waals surface area contributed by atoms with Crippen LogP contribution in [0, 0.1) is 0 Å². The van der Waals surface area contributed by atoms with Gasteiger partial charge in [0, 0.05) is 0 Å². The van der Waals surface area contributed by atoms with Gasteiger partial charge < -0.3 is 14.2 Å². The van der Waals surface area contributed by atoms with Gasteiger partial charge in [0.15, 0.2) is 0 Å². The quantitative estimate of drug-likeness (QED) is 0.0530. The van der Waals surface area contributed by atoms with E-state index >= 15 is 0 Å². The van der Waals surface area contributed by atoms with Crippen LogP contribution in [-0.4, -0.2) is 170 Å². The second-order valence-electron chi connectivity index (χ2n) is 14.7. The lowest BCUT2D eigenvalue weighted by Gasteiger charge is -2.43. The number of hydrogen-bond donors (Lipinski definition) is 0. The Hall–Kier alpha value is -3.48. The summed E-state index contributed by atoms with van der Waals surface area (Å²) < 4.78 is 661. The highest BCUT2D eigenvalue weighted by atomic mass is 19.4. The molecule has 0 radical (unpaired) electrons. The van der Waals surface area contributed by atoms with Crippen molar-refractivity contribution in [3.63, 3.8) is 0 Å². The van der Waals surface area contributed by atoms with Crippen LogP contribution in [0.2, 0.25) is 0 Å². The van der Waals surface area contributed by atoms with Gasteiger partial charge in [-0.05, 0) is 0 Å². The van der Waals surface area contributed by atoms with Gasteiger partial charge in [0.2, 0.25) is 0 Å². The number of rotatable bonds is 30. The van der Waals surface area contributed by atoms with Crippen molar-refractivity contribution in [3.05, 3.63) is 0 Å². The van der Waals surface area contributed by atoms with Crippen LogP contribution in [-0.2, 0) is 14.2 Å². The standard InChI is InChI=1S/C28H10F48O3/c29-4(30)11(41,42)17(53,54)23(65,66)26(71,72)20(59,60)14(47,48)8(35,36)1-77-7(78-2-9(37,38)15(49,50)21(61,62)27(73,74)24(67,68)18(55,56)12(43,44)5(31)32)79-3-10(39,40)16(51,52)22(63,64)28(75,76)25(69,70)19(57,58)13(45,46)6(33)34/h4-7H,1-3H2. The lowest BCUT2D eigenvalue weighted by molar-refractivity contribution is -0.457. The van der Waals surface area contributed by atoms with Crippen LogP contribution in [0.5, 0.6) is 0 Å². The molecule has 0 aromatic heterocycles. The first-order valence-electron chi connectivity index (χ1n) is 17.2. The van der Waals surface area contributed by atoms with Gasteiger partial charge in [-0.3, -0.25) is 0 Å². The summed E-state index contributed by atoms with van der Waals surface area (Å²) in [5.74, 6) is -190. The first-order valence-corrected chi connectivity index (χ1v) is 17.2. The maximum Gasteiger partial charge on any atom is 0.384 e. The van der Waals surface area contributed by atoms with E-state index in [0.717, 1.165) is 0 Å². The van der Waals surface area contributed by atoms with E-state index in [0.29, 0.717) is 0 Å². The number of hydrogen-bond acceptors (Lipinski definition) is 3.